The second-order valence-corrected chi connectivity index (χ2v) is 7.22. The van der Waals surface area contributed by atoms with Crippen LogP contribution in [0.5, 0.6) is 5.75 Å². The van der Waals surface area contributed by atoms with E-state index in [0.717, 1.165) is 12.8 Å². The first-order valence-electron chi connectivity index (χ1n) is 8.90. The van der Waals surface area contributed by atoms with E-state index < -0.39 is 12.1 Å². The zero-order chi connectivity index (χ0) is 19.0. The molecule has 25 heavy (non-hydrogen) atoms. The fourth-order valence-electron chi connectivity index (χ4n) is 2.30. The predicted octanol–water partition coefficient (Wildman–Crippen LogP) is 3.60. The molecule has 5 heteroatoms. The van der Waals surface area contributed by atoms with Crippen molar-refractivity contribution in [2.24, 2.45) is 0 Å². The van der Waals surface area contributed by atoms with Gasteiger partial charge in [-0.05, 0) is 42.9 Å². The first kappa shape index (κ1) is 21.0. The molecule has 5 nitrogen and oxygen atoms in total. The molecule has 0 spiro atoms. The van der Waals surface area contributed by atoms with E-state index in [9.17, 15) is 9.59 Å². The van der Waals surface area contributed by atoms with Gasteiger partial charge in [0, 0.05) is 6.04 Å². The van der Waals surface area contributed by atoms with Gasteiger partial charge in [-0.25, -0.2) is 4.79 Å². The molecule has 0 aliphatic heterocycles. The largest absolute Gasteiger partial charge is 0.479 e. The zero-order valence-electron chi connectivity index (χ0n) is 16.2. The Balaban J connectivity index is 2.47. The van der Waals surface area contributed by atoms with Crippen LogP contribution < -0.4 is 10.1 Å². The van der Waals surface area contributed by atoms with Crippen molar-refractivity contribution in [2.45, 2.75) is 71.9 Å². The summed E-state index contributed by atoms with van der Waals surface area (Å²) < 4.78 is 10.6. The summed E-state index contributed by atoms with van der Waals surface area (Å²) in [5.41, 5.74) is 1.25. The second-order valence-electron chi connectivity index (χ2n) is 7.22. The van der Waals surface area contributed by atoms with Crippen molar-refractivity contribution in [3.05, 3.63) is 29.8 Å². The molecule has 0 unspecified atom stereocenters. The average molecular weight is 349 g/mol. The first-order chi connectivity index (χ1) is 11.7. The van der Waals surface area contributed by atoms with Gasteiger partial charge >= 0.3 is 5.97 Å². The number of hydrogen-bond donors (Lipinski definition) is 1. The van der Waals surface area contributed by atoms with Gasteiger partial charge in [0.2, 0.25) is 0 Å². The number of carbonyl (C=O) groups is 2. The highest BCUT2D eigenvalue weighted by Gasteiger charge is 2.19. The maximum Gasteiger partial charge on any atom is 0.347 e. The Labute approximate surface area is 151 Å². The van der Waals surface area contributed by atoms with Crippen LogP contribution in [0.3, 0.4) is 0 Å². The average Bonchev–Trinajstić information content (AvgIpc) is 2.57. The number of ether oxygens (including phenoxy) is 2. The molecule has 0 radical (unpaired) electrons. The first-order valence-corrected chi connectivity index (χ1v) is 8.90. The van der Waals surface area contributed by atoms with Crippen LogP contribution in [-0.2, 0) is 19.7 Å². The third-order valence-corrected chi connectivity index (χ3v) is 4.06. The highest BCUT2D eigenvalue weighted by atomic mass is 16.6. The maximum absolute atomic E-state index is 12.0. The van der Waals surface area contributed by atoms with Gasteiger partial charge in [0.1, 0.15) is 5.75 Å². The summed E-state index contributed by atoms with van der Waals surface area (Å²) in [5.74, 6) is -0.248. The summed E-state index contributed by atoms with van der Waals surface area (Å²) in [6.07, 6.45) is 0.919. The van der Waals surface area contributed by atoms with E-state index in [-0.39, 0.29) is 24.0 Å². The van der Waals surface area contributed by atoms with Gasteiger partial charge in [0.15, 0.2) is 12.7 Å². The molecule has 1 aromatic carbocycles. The van der Waals surface area contributed by atoms with Crippen LogP contribution in [0.25, 0.3) is 0 Å². The Morgan fingerprint density at radius 2 is 1.64 bits per heavy atom. The van der Waals surface area contributed by atoms with E-state index >= 15 is 0 Å². The van der Waals surface area contributed by atoms with Crippen LogP contribution in [0, 0.1) is 0 Å². The van der Waals surface area contributed by atoms with Crippen molar-refractivity contribution in [1.82, 2.24) is 5.32 Å². The molecule has 0 fully saturated rings. The lowest BCUT2D eigenvalue weighted by Crippen LogP contribution is -2.38. The van der Waals surface area contributed by atoms with Gasteiger partial charge in [-0.2, -0.15) is 0 Å². The Morgan fingerprint density at radius 3 is 2.12 bits per heavy atom. The lowest BCUT2D eigenvalue weighted by atomic mass is 9.87. The third-order valence-electron chi connectivity index (χ3n) is 4.06. The normalized spacial score (nSPS) is 12.6. The molecule has 0 saturated heterocycles. The summed E-state index contributed by atoms with van der Waals surface area (Å²) >= 11 is 0. The molecule has 0 aliphatic rings. The van der Waals surface area contributed by atoms with Crippen molar-refractivity contribution >= 4 is 11.9 Å². The fraction of sp³-hybridized carbons (Fsp3) is 0.600. The molecule has 0 aromatic heterocycles. The van der Waals surface area contributed by atoms with Crippen LogP contribution in [0.2, 0.25) is 0 Å². The Bertz CT molecular complexity index is 556. The number of amides is 1. The molecule has 1 rings (SSSR count). The highest BCUT2D eigenvalue weighted by Crippen LogP contribution is 2.24. The molecule has 1 aromatic rings. The van der Waals surface area contributed by atoms with Crippen LogP contribution in [-0.4, -0.2) is 30.6 Å². The van der Waals surface area contributed by atoms with Crippen molar-refractivity contribution in [1.29, 1.82) is 0 Å². The molecule has 0 aliphatic carbocycles. The van der Waals surface area contributed by atoms with Crippen LogP contribution >= 0.6 is 0 Å². The molecular formula is C20H31NO4. The Hall–Kier alpha value is -2.04. The number of hydrogen-bond acceptors (Lipinski definition) is 4. The molecule has 1 amide bonds. The number of esters is 1. The Morgan fingerprint density at radius 1 is 1.08 bits per heavy atom. The van der Waals surface area contributed by atoms with Crippen LogP contribution in [0.4, 0.5) is 0 Å². The molecule has 1 N–H and O–H groups in total. The zero-order valence-corrected chi connectivity index (χ0v) is 16.2. The molecule has 0 saturated carbocycles. The molecule has 1 atom stereocenters. The molecule has 140 valence electrons. The van der Waals surface area contributed by atoms with Gasteiger partial charge in [-0.3, -0.25) is 4.79 Å². The van der Waals surface area contributed by atoms with Crippen molar-refractivity contribution in [3.63, 3.8) is 0 Å². The number of nitrogens with one attached hydrogen (secondary N) is 1. The SMILES string of the molecule is CCC(CC)NC(=O)COC(=O)[C@H](C)Oc1ccc(C(C)(C)C)cc1. The summed E-state index contributed by atoms with van der Waals surface area (Å²) in [5, 5.41) is 2.82. The third kappa shape index (κ3) is 7.16. The van der Waals surface area contributed by atoms with Gasteiger partial charge in [-0.1, -0.05) is 46.8 Å². The van der Waals surface area contributed by atoms with E-state index in [1.807, 2.05) is 38.1 Å². The van der Waals surface area contributed by atoms with Gasteiger partial charge < -0.3 is 14.8 Å². The molecule has 0 bridgehead atoms. The summed E-state index contributed by atoms with van der Waals surface area (Å²) in [4.78, 5) is 23.7. The smallest absolute Gasteiger partial charge is 0.347 e. The minimum atomic E-state index is -0.776. The van der Waals surface area contributed by atoms with Gasteiger partial charge in [0.05, 0.1) is 0 Å². The van der Waals surface area contributed by atoms with Crippen LogP contribution in [0.1, 0.15) is 59.9 Å². The Kier molecular flexibility index (Phi) is 7.94. The van der Waals surface area contributed by atoms with Crippen molar-refractivity contribution in [2.75, 3.05) is 6.61 Å². The topological polar surface area (TPSA) is 64.6 Å². The predicted molar refractivity (Wildman–Crippen MR) is 98.7 cm³/mol. The van der Waals surface area contributed by atoms with E-state index in [1.54, 1.807) is 6.92 Å². The standard InChI is InChI=1S/C20H31NO4/c1-7-16(8-2)21-18(22)13-24-19(23)14(3)25-17-11-9-15(10-12-17)20(4,5)6/h9-12,14,16H,7-8,13H2,1-6H3,(H,21,22)/t14-/m0/s1. The van der Waals surface area contributed by atoms with Crippen molar-refractivity contribution < 1.29 is 19.1 Å². The lowest BCUT2D eigenvalue weighted by Gasteiger charge is -2.20. The quantitative estimate of drug-likeness (QED) is 0.728. The van der Waals surface area contributed by atoms with E-state index in [2.05, 4.69) is 26.1 Å². The number of carbonyl (C=O) groups excluding carboxylic acids is 2. The summed E-state index contributed by atoms with van der Waals surface area (Å²) in [6, 6.07) is 7.75. The number of benzene rings is 1. The fourth-order valence-corrected chi connectivity index (χ4v) is 2.30. The summed E-state index contributed by atoms with van der Waals surface area (Å²) in [7, 11) is 0. The van der Waals surface area contributed by atoms with Crippen molar-refractivity contribution in [3.8, 4) is 5.75 Å². The van der Waals surface area contributed by atoms with Gasteiger partial charge in [0.25, 0.3) is 5.91 Å². The maximum atomic E-state index is 12.0. The minimum Gasteiger partial charge on any atom is -0.479 e. The minimum absolute atomic E-state index is 0.0608. The lowest BCUT2D eigenvalue weighted by molar-refractivity contribution is -0.154. The van der Waals surface area contributed by atoms with Crippen LogP contribution in [0.15, 0.2) is 24.3 Å². The monoisotopic (exact) mass is 349 g/mol. The number of rotatable bonds is 8. The highest BCUT2D eigenvalue weighted by molar-refractivity contribution is 5.82. The second kappa shape index (κ2) is 9.44. The van der Waals surface area contributed by atoms with E-state index in [4.69, 9.17) is 9.47 Å². The molecule has 0 heterocycles. The van der Waals surface area contributed by atoms with E-state index in [1.165, 1.54) is 5.56 Å². The summed E-state index contributed by atoms with van der Waals surface area (Å²) in [6.45, 7) is 11.7. The van der Waals surface area contributed by atoms with Gasteiger partial charge in [-0.15, -0.1) is 0 Å². The molecular weight excluding hydrogens is 318 g/mol. The van der Waals surface area contributed by atoms with E-state index in [0.29, 0.717) is 5.75 Å².